The number of carbonyl (C=O) groups is 1. The van der Waals surface area contributed by atoms with Gasteiger partial charge in [0.15, 0.2) is 0 Å². The molecule has 0 aliphatic heterocycles. The Balaban J connectivity index is 1.61. The van der Waals surface area contributed by atoms with E-state index in [9.17, 15) is 4.79 Å². The molecule has 2 rings (SSSR count). The Morgan fingerprint density at radius 1 is 1.16 bits per heavy atom. The molecule has 0 aromatic heterocycles. The quantitative estimate of drug-likeness (QED) is 0.655. The highest BCUT2D eigenvalue weighted by Gasteiger charge is 2.25. The van der Waals surface area contributed by atoms with E-state index in [-0.39, 0.29) is 17.9 Å². The van der Waals surface area contributed by atoms with Crippen LogP contribution in [0.15, 0.2) is 30.3 Å². The summed E-state index contributed by atoms with van der Waals surface area (Å²) >= 11 is 0. The molecule has 1 fully saturated rings. The number of ether oxygens (including phenoxy) is 1. The molecule has 1 aromatic rings. The minimum absolute atomic E-state index is 0.0278. The summed E-state index contributed by atoms with van der Waals surface area (Å²) in [4.78, 5) is 11.9. The van der Waals surface area contributed by atoms with Crippen LogP contribution in [0.3, 0.4) is 0 Å². The second-order valence-corrected chi connectivity index (χ2v) is 5.37. The van der Waals surface area contributed by atoms with Crippen molar-refractivity contribution in [3.63, 3.8) is 0 Å². The van der Waals surface area contributed by atoms with Crippen molar-refractivity contribution in [1.29, 1.82) is 0 Å². The van der Waals surface area contributed by atoms with Crippen LogP contribution in [-0.2, 0) is 16.0 Å². The number of hydrogen-bond donors (Lipinski definition) is 1. The monoisotopic (exact) mass is 261 g/mol. The van der Waals surface area contributed by atoms with E-state index in [0.717, 1.165) is 38.5 Å². The molecule has 1 aliphatic carbocycles. The molecule has 0 atom stereocenters. The maximum Gasteiger partial charge on any atom is 0.308 e. The van der Waals surface area contributed by atoms with Crippen LogP contribution in [-0.4, -0.2) is 18.6 Å². The molecular weight excluding hydrogens is 238 g/mol. The summed E-state index contributed by atoms with van der Waals surface area (Å²) in [5.41, 5.74) is 7.12. The van der Waals surface area contributed by atoms with Gasteiger partial charge in [-0.3, -0.25) is 4.79 Å². The van der Waals surface area contributed by atoms with Crippen molar-refractivity contribution in [3.8, 4) is 0 Å². The second kappa shape index (κ2) is 7.29. The fourth-order valence-electron chi connectivity index (χ4n) is 2.57. The van der Waals surface area contributed by atoms with Gasteiger partial charge < -0.3 is 10.5 Å². The minimum atomic E-state index is -0.0278. The lowest BCUT2D eigenvalue weighted by Gasteiger charge is -2.24. The summed E-state index contributed by atoms with van der Waals surface area (Å²) in [6.07, 6.45) is 5.52. The standard InChI is InChI=1S/C16H23NO2/c17-15-10-8-14(9-11-15)16(18)19-12-4-7-13-5-2-1-3-6-13/h1-3,5-6,14-15H,4,7-12,17H2. The van der Waals surface area contributed by atoms with Crippen LogP contribution in [0.5, 0.6) is 0 Å². The molecule has 1 aromatic carbocycles. The van der Waals surface area contributed by atoms with Crippen molar-refractivity contribution in [2.24, 2.45) is 11.7 Å². The normalized spacial score (nSPS) is 23.0. The third kappa shape index (κ3) is 4.67. The summed E-state index contributed by atoms with van der Waals surface area (Å²) in [6, 6.07) is 10.6. The van der Waals surface area contributed by atoms with Gasteiger partial charge in [0.05, 0.1) is 12.5 Å². The molecule has 0 spiro atoms. The van der Waals surface area contributed by atoms with E-state index in [2.05, 4.69) is 12.1 Å². The van der Waals surface area contributed by atoms with Crippen molar-refractivity contribution in [2.75, 3.05) is 6.61 Å². The summed E-state index contributed by atoms with van der Waals surface area (Å²) in [7, 11) is 0. The second-order valence-electron chi connectivity index (χ2n) is 5.37. The smallest absolute Gasteiger partial charge is 0.308 e. The number of esters is 1. The van der Waals surface area contributed by atoms with E-state index < -0.39 is 0 Å². The van der Waals surface area contributed by atoms with Crippen LogP contribution in [0.25, 0.3) is 0 Å². The molecular formula is C16H23NO2. The molecule has 1 aliphatic rings. The zero-order chi connectivity index (χ0) is 13.5. The predicted octanol–water partition coefficient (Wildman–Crippen LogP) is 2.68. The first-order valence-corrected chi connectivity index (χ1v) is 7.22. The average Bonchev–Trinajstić information content (AvgIpc) is 2.45. The van der Waals surface area contributed by atoms with E-state index in [1.165, 1.54) is 5.56 Å². The van der Waals surface area contributed by atoms with Crippen LogP contribution in [0.1, 0.15) is 37.7 Å². The third-order valence-electron chi connectivity index (χ3n) is 3.80. The molecule has 1 saturated carbocycles. The molecule has 0 saturated heterocycles. The highest BCUT2D eigenvalue weighted by Crippen LogP contribution is 2.24. The lowest BCUT2D eigenvalue weighted by atomic mass is 9.86. The van der Waals surface area contributed by atoms with Crippen LogP contribution in [0.4, 0.5) is 0 Å². The van der Waals surface area contributed by atoms with Gasteiger partial charge in [0.25, 0.3) is 0 Å². The number of hydrogen-bond acceptors (Lipinski definition) is 3. The van der Waals surface area contributed by atoms with E-state index in [1.54, 1.807) is 0 Å². The Bertz CT molecular complexity index is 383. The number of carbonyl (C=O) groups excluding carboxylic acids is 1. The predicted molar refractivity (Wildman–Crippen MR) is 75.7 cm³/mol. The highest BCUT2D eigenvalue weighted by molar-refractivity contribution is 5.72. The van der Waals surface area contributed by atoms with Crippen molar-refractivity contribution >= 4 is 5.97 Å². The molecule has 0 heterocycles. The van der Waals surface area contributed by atoms with Crippen LogP contribution < -0.4 is 5.73 Å². The zero-order valence-corrected chi connectivity index (χ0v) is 11.4. The SMILES string of the molecule is NC1CCC(C(=O)OCCCc2ccccc2)CC1. The van der Waals surface area contributed by atoms with E-state index >= 15 is 0 Å². The Morgan fingerprint density at radius 3 is 2.53 bits per heavy atom. The van der Waals surface area contributed by atoms with Gasteiger partial charge in [-0.25, -0.2) is 0 Å². The Kier molecular flexibility index (Phi) is 5.40. The van der Waals surface area contributed by atoms with Gasteiger partial charge in [-0.05, 0) is 44.1 Å². The first kappa shape index (κ1) is 14.1. The molecule has 19 heavy (non-hydrogen) atoms. The van der Waals surface area contributed by atoms with E-state index in [4.69, 9.17) is 10.5 Å². The number of nitrogens with two attached hydrogens (primary N) is 1. The van der Waals surface area contributed by atoms with E-state index in [1.807, 2.05) is 18.2 Å². The van der Waals surface area contributed by atoms with Gasteiger partial charge in [-0.1, -0.05) is 30.3 Å². The van der Waals surface area contributed by atoms with Crippen molar-refractivity contribution < 1.29 is 9.53 Å². The first-order valence-electron chi connectivity index (χ1n) is 7.22. The van der Waals surface area contributed by atoms with Crippen molar-refractivity contribution in [2.45, 2.75) is 44.6 Å². The van der Waals surface area contributed by atoms with Gasteiger partial charge in [-0.15, -0.1) is 0 Å². The number of rotatable bonds is 5. The maximum atomic E-state index is 11.9. The zero-order valence-electron chi connectivity index (χ0n) is 11.4. The van der Waals surface area contributed by atoms with Crippen LogP contribution >= 0.6 is 0 Å². The molecule has 0 amide bonds. The lowest BCUT2D eigenvalue weighted by molar-refractivity contribution is -0.149. The molecule has 0 radical (unpaired) electrons. The number of aryl methyl sites for hydroxylation is 1. The fourth-order valence-corrected chi connectivity index (χ4v) is 2.57. The van der Waals surface area contributed by atoms with Crippen LogP contribution in [0.2, 0.25) is 0 Å². The Morgan fingerprint density at radius 2 is 1.84 bits per heavy atom. The average molecular weight is 261 g/mol. The maximum absolute atomic E-state index is 11.9. The minimum Gasteiger partial charge on any atom is -0.465 e. The molecule has 0 bridgehead atoms. The Labute approximate surface area is 115 Å². The highest BCUT2D eigenvalue weighted by atomic mass is 16.5. The largest absolute Gasteiger partial charge is 0.465 e. The molecule has 3 heteroatoms. The van der Waals surface area contributed by atoms with Crippen molar-refractivity contribution in [3.05, 3.63) is 35.9 Å². The molecule has 2 N–H and O–H groups in total. The topological polar surface area (TPSA) is 52.3 Å². The molecule has 3 nitrogen and oxygen atoms in total. The van der Waals surface area contributed by atoms with E-state index in [0.29, 0.717) is 6.61 Å². The fraction of sp³-hybridized carbons (Fsp3) is 0.562. The molecule has 104 valence electrons. The van der Waals surface area contributed by atoms with Gasteiger partial charge in [0.2, 0.25) is 0 Å². The molecule has 0 unspecified atom stereocenters. The summed E-state index contributed by atoms with van der Waals surface area (Å²) in [5, 5.41) is 0. The lowest BCUT2D eigenvalue weighted by Crippen LogP contribution is -2.30. The Hall–Kier alpha value is -1.35. The van der Waals surface area contributed by atoms with Gasteiger partial charge in [0.1, 0.15) is 0 Å². The summed E-state index contributed by atoms with van der Waals surface area (Å²) in [6.45, 7) is 0.524. The van der Waals surface area contributed by atoms with Gasteiger partial charge in [-0.2, -0.15) is 0 Å². The third-order valence-corrected chi connectivity index (χ3v) is 3.80. The summed E-state index contributed by atoms with van der Waals surface area (Å²) < 4.78 is 5.36. The first-order chi connectivity index (χ1) is 9.25. The number of benzene rings is 1. The van der Waals surface area contributed by atoms with Gasteiger partial charge >= 0.3 is 5.97 Å². The van der Waals surface area contributed by atoms with Crippen molar-refractivity contribution in [1.82, 2.24) is 0 Å². The van der Waals surface area contributed by atoms with Gasteiger partial charge in [0, 0.05) is 6.04 Å². The summed E-state index contributed by atoms with van der Waals surface area (Å²) in [5.74, 6) is 0.0523. The van der Waals surface area contributed by atoms with Crippen LogP contribution in [0, 0.1) is 5.92 Å².